The van der Waals surface area contributed by atoms with Crippen molar-refractivity contribution in [2.24, 2.45) is 0 Å². The van der Waals surface area contributed by atoms with E-state index in [4.69, 9.17) is 10.5 Å². The van der Waals surface area contributed by atoms with Gasteiger partial charge in [-0.15, -0.1) is 24.0 Å². The number of nitriles is 2. The third-order valence-electron chi connectivity index (χ3n) is 1.91. The molecule has 0 unspecified atom stereocenters. The average Bonchev–Trinajstić information content (AvgIpc) is 2.55. The fourth-order valence-corrected chi connectivity index (χ4v) is 2.73. The highest BCUT2D eigenvalue weighted by Crippen LogP contribution is 2.35. The van der Waals surface area contributed by atoms with Gasteiger partial charge in [0.05, 0.1) is 11.6 Å². The van der Waals surface area contributed by atoms with E-state index in [2.05, 4.69) is 24.8 Å². The van der Waals surface area contributed by atoms with Crippen LogP contribution >= 0.6 is 24.0 Å². The summed E-state index contributed by atoms with van der Waals surface area (Å²) in [6, 6.07) is 9.60. The average molecular weight is 216 g/mol. The molecule has 0 saturated heterocycles. The Morgan fingerprint density at radius 2 is 2.00 bits per heavy atom. The summed E-state index contributed by atoms with van der Waals surface area (Å²) in [6.07, 6.45) is 0. The van der Waals surface area contributed by atoms with Gasteiger partial charge in [-0.05, 0) is 12.1 Å². The van der Waals surface area contributed by atoms with Gasteiger partial charge in [0.2, 0.25) is 0 Å². The Hall–Kier alpha value is -1.49. The van der Waals surface area contributed by atoms with Gasteiger partial charge >= 0.3 is 0 Å². The van der Waals surface area contributed by atoms with Crippen molar-refractivity contribution in [1.82, 2.24) is 0 Å². The Labute approximate surface area is 90.4 Å². The third kappa shape index (κ3) is 1.17. The van der Waals surface area contributed by atoms with Crippen LogP contribution in [0.4, 0.5) is 0 Å². The second-order valence-electron chi connectivity index (χ2n) is 2.68. The van der Waals surface area contributed by atoms with Crippen molar-refractivity contribution in [2.75, 3.05) is 0 Å². The fraction of sp³-hybridized carbons (Fsp3) is 0. The van der Waals surface area contributed by atoms with Crippen molar-refractivity contribution >= 4 is 34.1 Å². The van der Waals surface area contributed by atoms with Gasteiger partial charge < -0.3 is 0 Å². The molecule has 1 heterocycles. The van der Waals surface area contributed by atoms with Crippen LogP contribution in [0.25, 0.3) is 10.1 Å². The lowest BCUT2D eigenvalue weighted by Crippen LogP contribution is -1.75. The molecule has 1 aromatic carbocycles. The van der Waals surface area contributed by atoms with Crippen molar-refractivity contribution in [1.29, 1.82) is 10.5 Å². The number of rotatable bonds is 0. The zero-order chi connectivity index (χ0) is 10.1. The molecule has 0 aliphatic rings. The van der Waals surface area contributed by atoms with Gasteiger partial charge in [-0.3, -0.25) is 0 Å². The molecule has 0 spiro atoms. The van der Waals surface area contributed by atoms with Gasteiger partial charge in [0.25, 0.3) is 0 Å². The molecule has 0 saturated carbocycles. The van der Waals surface area contributed by atoms with E-state index in [0.717, 1.165) is 10.1 Å². The highest BCUT2D eigenvalue weighted by atomic mass is 32.1. The molecule has 2 nitrogen and oxygen atoms in total. The molecule has 0 N–H and O–H groups in total. The van der Waals surface area contributed by atoms with E-state index in [1.165, 1.54) is 11.3 Å². The Balaban J connectivity index is 2.96. The molecular formula is C10H4N2S2. The van der Waals surface area contributed by atoms with Gasteiger partial charge in [-0.2, -0.15) is 10.5 Å². The van der Waals surface area contributed by atoms with Gasteiger partial charge in [0.1, 0.15) is 10.9 Å². The summed E-state index contributed by atoms with van der Waals surface area (Å²) in [5.74, 6) is 0. The summed E-state index contributed by atoms with van der Waals surface area (Å²) in [7, 11) is 0. The molecule has 0 atom stereocenters. The van der Waals surface area contributed by atoms with Gasteiger partial charge in [0.15, 0.2) is 0 Å². The number of benzene rings is 1. The summed E-state index contributed by atoms with van der Waals surface area (Å²) >= 11 is 5.62. The number of hydrogen-bond acceptors (Lipinski definition) is 4. The first-order chi connectivity index (χ1) is 6.77. The minimum Gasteiger partial charge on any atom is -0.192 e. The summed E-state index contributed by atoms with van der Waals surface area (Å²) in [5, 5.41) is 18.5. The van der Waals surface area contributed by atoms with Crippen molar-refractivity contribution in [3.63, 3.8) is 0 Å². The summed E-state index contributed by atoms with van der Waals surface area (Å²) in [4.78, 5) is 1.18. The van der Waals surface area contributed by atoms with E-state index in [0.29, 0.717) is 15.3 Å². The molecule has 0 amide bonds. The summed E-state index contributed by atoms with van der Waals surface area (Å²) in [6.45, 7) is 0. The fourth-order valence-electron chi connectivity index (χ4n) is 1.30. The minimum absolute atomic E-state index is 0.561. The standard InChI is InChI=1S/C10H4N2S2/c11-4-6-2-1-3-7-9(6)10(13)8(5-12)14-7/h1-3,13H. The molecule has 14 heavy (non-hydrogen) atoms. The number of fused-ring (bicyclic) bond motifs is 1. The van der Waals surface area contributed by atoms with Crippen molar-refractivity contribution < 1.29 is 0 Å². The zero-order valence-corrected chi connectivity index (χ0v) is 8.69. The van der Waals surface area contributed by atoms with Crippen LogP contribution in [0.3, 0.4) is 0 Å². The molecular weight excluding hydrogens is 212 g/mol. The zero-order valence-electron chi connectivity index (χ0n) is 6.98. The molecule has 1 aromatic heterocycles. The van der Waals surface area contributed by atoms with Crippen LogP contribution in [0, 0.1) is 22.7 Å². The first-order valence-electron chi connectivity index (χ1n) is 3.82. The summed E-state index contributed by atoms with van der Waals surface area (Å²) < 4.78 is 0.936. The largest absolute Gasteiger partial charge is 0.192 e. The minimum atomic E-state index is 0.561. The smallest absolute Gasteiger partial charge is 0.119 e. The van der Waals surface area contributed by atoms with Crippen LogP contribution in [-0.4, -0.2) is 0 Å². The lowest BCUT2D eigenvalue weighted by atomic mass is 10.1. The number of hydrogen-bond donors (Lipinski definition) is 1. The maximum Gasteiger partial charge on any atom is 0.119 e. The van der Waals surface area contributed by atoms with Crippen molar-refractivity contribution in [3.8, 4) is 12.1 Å². The van der Waals surface area contributed by atoms with Crippen LogP contribution < -0.4 is 0 Å². The molecule has 0 radical (unpaired) electrons. The second kappa shape index (κ2) is 3.34. The lowest BCUT2D eigenvalue weighted by Gasteiger charge is -1.92. The quantitative estimate of drug-likeness (QED) is 0.688. The number of thiol groups is 1. The first kappa shape index (κ1) is 9.08. The van der Waals surface area contributed by atoms with Crippen LogP contribution in [0.5, 0.6) is 0 Å². The van der Waals surface area contributed by atoms with Crippen molar-refractivity contribution in [2.45, 2.75) is 4.90 Å². The van der Waals surface area contributed by atoms with E-state index in [1.807, 2.05) is 12.1 Å². The van der Waals surface area contributed by atoms with E-state index in [-0.39, 0.29) is 0 Å². The Morgan fingerprint density at radius 3 is 2.64 bits per heavy atom. The molecule has 0 aliphatic heterocycles. The van der Waals surface area contributed by atoms with Gasteiger partial charge in [-0.25, -0.2) is 0 Å². The topological polar surface area (TPSA) is 47.6 Å². The van der Waals surface area contributed by atoms with Gasteiger partial charge in [0, 0.05) is 15.0 Å². The van der Waals surface area contributed by atoms with E-state index in [9.17, 15) is 0 Å². The lowest BCUT2D eigenvalue weighted by molar-refractivity contribution is 1.47. The van der Waals surface area contributed by atoms with E-state index in [1.54, 1.807) is 6.07 Å². The van der Waals surface area contributed by atoms with Crippen molar-refractivity contribution in [3.05, 3.63) is 28.6 Å². The highest BCUT2D eigenvalue weighted by molar-refractivity contribution is 7.81. The number of thiophene rings is 1. The van der Waals surface area contributed by atoms with E-state index < -0.39 is 0 Å². The van der Waals surface area contributed by atoms with Crippen LogP contribution in [-0.2, 0) is 0 Å². The Kier molecular flexibility index (Phi) is 2.17. The SMILES string of the molecule is N#Cc1sc2cccc(C#N)c2c1S. The molecule has 0 bridgehead atoms. The predicted molar refractivity (Wildman–Crippen MR) is 58.5 cm³/mol. The molecule has 4 heteroatoms. The molecule has 66 valence electrons. The molecule has 2 rings (SSSR count). The maximum absolute atomic E-state index is 8.88. The molecule has 0 aliphatic carbocycles. The Bertz CT molecular complexity index is 584. The maximum atomic E-state index is 8.88. The highest BCUT2D eigenvalue weighted by Gasteiger charge is 2.11. The monoisotopic (exact) mass is 216 g/mol. The van der Waals surface area contributed by atoms with Crippen LogP contribution in [0.1, 0.15) is 10.4 Å². The number of nitrogens with zero attached hydrogens (tertiary/aromatic N) is 2. The normalized spacial score (nSPS) is 9.64. The summed E-state index contributed by atoms with van der Waals surface area (Å²) in [5.41, 5.74) is 0.574. The third-order valence-corrected chi connectivity index (χ3v) is 3.57. The second-order valence-corrected chi connectivity index (χ2v) is 4.18. The predicted octanol–water partition coefficient (Wildman–Crippen LogP) is 2.93. The molecule has 0 fully saturated rings. The molecule has 2 aromatic rings. The van der Waals surface area contributed by atoms with Crippen LogP contribution in [0.15, 0.2) is 23.1 Å². The Morgan fingerprint density at radius 1 is 1.21 bits per heavy atom. The van der Waals surface area contributed by atoms with Gasteiger partial charge in [-0.1, -0.05) is 6.07 Å². The first-order valence-corrected chi connectivity index (χ1v) is 5.09. The van der Waals surface area contributed by atoms with E-state index >= 15 is 0 Å². The van der Waals surface area contributed by atoms with Crippen LogP contribution in [0.2, 0.25) is 0 Å².